The van der Waals surface area contributed by atoms with Crippen LogP contribution in [0.4, 0.5) is 0 Å². The topological polar surface area (TPSA) is 45.4 Å². The standard InChI is InChI=1S/C14H26N4/c1-12(15)14(13-6-8-16-9-7-13)18(4)11-5-10-17(2)3/h6-9,12,14H,5,10-11,15H2,1-4H3. The fourth-order valence-corrected chi connectivity index (χ4v) is 2.30. The van der Waals surface area contributed by atoms with E-state index < -0.39 is 0 Å². The maximum atomic E-state index is 6.13. The van der Waals surface area contributed by atoms with E-state index in [-0.39, 0.29) is 12.1 Å². The molecular weight excluding hydrogens is 224 g/mol. The van der Waals surface area contributed by atoms with Gasteiger partial charge in [-0.15, -0.1) is 0 Å². The third kappa shape index (κ3) is 4.72. The maximum Gasteiger partial charge on any atom is 0.0494 e. The molecule has 0 aliphatic rings. The summed E-state index contributed by atoms with van der Waals surface area (Å²) >= 11 is 0. The monoisotopic (exact) mass is 250 g/mol. The average Bonchev–Trinajstić information content (AvgIpc) is 2.29. The Labute approximate surface area is 111 Å². The number of pyridine rings is 1. The van der Waals surface area contributed by atoms with Crippen LogP contribution in [0.3, 0.4) is 0 Å². The van der Waals surface area contributed by atoms with Gasteiger partial charge < -0.3 is 10.6 Å². The van der Waals surface area contributed by atoms with Gasteiger partial charge in [-0.05, 0) is 65.3 Å². The van der Waals surface area contributed by atoms with Crippen molar-refractivity contribution in [3.8, 4) is 0 Å². The fourth-order valence-electron chi connectivity index (χ4n) is 2.30. The third-order valence-electron chi connectivity index (χ3n) is 3.14. The molecule has 0 spiro atoms. The van der Waals surface area contributed by atoms with Gasteiger partial charge in [0.25, 0.3) is 0 Å². The SMILES string of the molecule is CC(N)C(c1ccncc1)N(C)CCCN(C)C. The summed E-state index contributed by atoms with van der Waals surface area (Å²) in [6.07, 6.45) is 4.81. The molecule has 2 unspecified atom stereocenters. The van der Waals surface area contributed by atoms with Crippen LogP contribution in [0.5, 0.6) is 0 Å². The van der Waals surface area contributed by atoms with E-state index >= 15 is 0 Å². The fraction of sp³-hybridized carbons (Fsp3) is 0.643. The Morgan fingerprint density at radius 3 is 2.28 bits per heavy atom. The molecule has 1 aromatic rings. The van der Waals surface area contributed by atoms with Gasteiger partial charge in [-0.3, -0.25) is 9.88 Å². The van der Waals surface area contributed by atoms with Gasteiger partial charge in [0.2, 0.25) is 0 Å². The lowest BCUT2D eigenvalue weighted by Gasteiger charge is -2.31. The minimum absolute atomic E-state index is 0.108. The van der Waals surface area contributed by atoms with E-state index in [1.54, 1.807) is 0 Å². The maximum absolute atomic E-state index is 6.13. The molecule has 0 amide bonds. The summed E-state index contributed by atoms with van der Waals surface area (Å²) in [5.74, 6) is 0. The molecule has 102 valence electrons. The van der Waals surface area contributed by atoms with Crippen molar-refractivity contribution < 1.29 is 0 Å². The zero-order chi connectivity index (χ0) is 13.5. The van der Waals surface area contributed by atoms with Crippen LogP contribution in [-0.2, 0) is 0 Å². The summed E-state index contributed by atoms with van der Waals surface area (Å²) in [5.41, 5.74) is 7.37. The largest absolute Gasteiger partial charge is 0.326 e. The number of nitrogens with two attached hydrogens (primary N) is 1. The summed E-state index contributed by atoms with van der Waals surface area (Å²) in [6, 6.07) is 4.47. The van der Waals surface area contributed by atoms with Gasteiger partial charge in [0.05, 0.1) is 0 Å². The van der Waals surface area contributed by atoms with Gasteiger partial charge >= 0.3 is 0 Å². The first-order valence-electron chi connectivity index (χ1n) is 6.53. The molecule has 0 aromatic carbocycles. The molecule has 1 aromatic heterocycles. The molecule has 0 fully saturated rings. The van der Waals surface area contributed by atoms with E-state index in [9.17, 15) is 0 Å². The molecule has 0 aliphatic heterocycles. The van der Waals surface area contributed by atoms with Crippen LogP contribution in [0.2, 0.25) is 0 Å². The second-order valence-corrected chi connectivity index (χ2v) is 5.22. The zero-order valence-electron chi connectivity index (χ0n) is 12.0. The highest BCUT2D eigenvalue weighted by Gasteiger charge is 2.20. The van der Waals surface area contributed by atoms with E-state index in [1.165, 1.54) is 5.56 Å². The minimum Gasteiger partial charge on any atom is -0.326 e. The van der Waals surface area contributed by atoms with Crippen LogP contribution in [-0.4, -0.2) is 55.1 Å². The number of nitrogens with zero attached hydrogens (tertiary/aromatic N) is 3. The Balaban J connectivity index is 2.62. The molecule has 0 aliphatic carbocycles. The Morgan fingerprint density at radius 1 is 1.17 bits per heavy atom. The van der Waals surface area contributed by atoms with Gasteiger partial charge in [0.1, 0.15) is 0 Å². The molecule has 1 heterocycles. The lowest BCUT2D eigenvalue weighted by molar-refractivity contribution is 0.208. The van der Waals surface area contributed by atoms with E-state index in [0.717, 1.165) is 19.5 Å². The summed E-state index contributed by atoms with van der Waals surface area (Å²) in [6.45, 7) is 4.21. The van der Waals surface area contributed by atoms with Crippen LogP contribution in [0.15, 0.2) is 24.5 Å². The molecule has 1 rings (SSSR count). The van der Waals surface area contributed by atoms with E-state index in [1.807, 2.05) is 12.4 Å². The highest BCUT2D eigenvalue weighted by Crippen LogP contribution is 2.21. The second kappa shape index (κ2) is 7.46. The minimum atomic E-state index is 0.108. The number of likely N-dealkylation sites (N-methyl/N-ethyl adjacent to an activating group) is 1. The predicted octanol–water partition coefficient (Wildman–Crippen LogP) is 1.35. The van der Waals surface area contributed by atoms with Crippen molar-refractivity contribution in [2.24, 2.45) is 5.73 Å². The third-order valence-corrected chi connectivity index (χ3v) is 3.14. The number of rotatable bonds is 7. The highest BCUT2D eigenvalue weighted by atomic mass is 15.2. The van der Waals surface area contributed by atoms with Crippen molar-refractivity contribution in [3.63, 3.8) is 0 Å². The van der Waals surface area contributed by atoms with Crippen molar-refractivity contribution in [3.05, 3.63) is 30.1 Å². The van der Waals surface area contributed by atoms with Gasteiger partial charge in [-0.2, -0.15) is 0 Å². The molecule has 0 saturated carbocycles. The normalized spacial score (nSPS) is 15.1. The number of hydrogen-bond donors (Lipinski definition) is 1. The van der Waals surface area contributed by atoms with Crippen LogP contribution in [0, 0.1) is 0 Å². The summed E-state index contributed by atoms with van der Waals surface area (Å²) in [7, 11) is 6.35. The summed E-state index contributed by atoms with van der Waals surface area (Å²) < 4.78 is 0. The van der Waals surface area contributed by atoms with Crippen LogP contribution < -0.4 is 5.73 Å². The van der Waals surface area contributed by atoms with Crippen LogP contribution in [0.1, 0.15) is 24.9 Å². The van der Waals surface area contributed by atoms with Crippen molar-refractivity contribution in [2.45, 2.75) is 25.4 Å². The number of aromatic nitrogens is 1. The van der Waals surface area contributed by atoms with E-state index in [2.05, 4.69) is 55.0 Å². The van der Waals surface area contributed by atoms with Crippen molar-refractivity contribution in [2.75, 3.05) is 34.2 Å². The van der Waals surface area contributed by atoms with E-state index in [4.69, 9.17) is 5.73 Å². The molecule has 2 N–H and O–H groups in total. The predicted molar refractivity (Wildman–Crippen MR) is 76.4 cm³/mol. The highest BCUT2D eigenvalue weighted by molar-refractivity contribution is 5.16. The first kappa shape index (κ1) is 15.1. The molecule has 2 atom stereocenters. The molecule has 18 heavy (non-hydrogen) atoms. The van der Waals surface area contributed by atoms with Crippen molar-refractivity contribution >= 4 is 0 Å². The van der Waals surface area contributed by atoms with Gasteiger partial charge in [0.15, 0.2) is 0 Å². The van der Waals surface area contributed by atoms with Crippen LogP contribution in [0.25, 0.3) is 0 Å². The molecule has 0 radical (unpaired) electrons. The van der Waals surface area contributed by atoms with Crippen molar-refractivity contribution in [1.29, 1.82) is 0 Å². The summed E-state index contributed by atoms with van der Waals surface area (Å²) in [5, 5.41) is 0. The Kier molecular flexibility index (Phi) is 6.25. The first-order chi connectivity index (χ1) is 8.52. The van der Waals surface area contributed by atoms with Crippen LogP contribution >= 0.6 is 0 Å². The van der Waals surface area contributed by atoms with Gasteiger partial charge in [0, 0.05) is 24.5 Å². The summed E-state index contributed by atoms with van der Waals surface area (Å²) in [4.78, 5) is 8.61. The lowest BCUT2D eigenvalue weighted by atomic mass is 10.0. The first-order valence-corrected chi connectivity index (χ1v) is 6.53. The quantitative estimate of drug-likeness (QED) is 0.793. The molecular formula is C14H26N4. The van der Waals surface area contributed by atoms with Crippen molar-refractivity contribution in [1.82, 2.24) is 14.8 Å². The Bertz CT molecular complexity index is 324. The zero-order valence-corrected chi connectivity index (χ0v) is 12.0. The second-order valence-electron chi connectivity index (χ2n) is 5.22. The molecule has 0 saturated heterocycles. The smallest absolute Gasteiger partial charge is 0.0494 e. The molecule has 4 nitrogen and oxygen atoms in total. The number of hydrogen-bond acceptors (Lipinski definition) is 4. The Hall–Kier alpha value is -0.970. The van der Waals surface area contributed by atoms with Gasteiger partial charge in [-0.25, -0.2) is 0 Å². The molecule has 0 bridgehead atoms. The van der Waals surface area contributed by atoms with E-state index in [0.29, 0.717) is 0 Å². The average molecular weight is 250 g/mol. The molecule has 4 heteroatoms. The lowest BCUT2D eigenvalue weighted by Crippen LogP contribution is -2.38. The van der Waals surface area contributed by atoms with Gasteiger partial charge in [-0.1, -0.05) is 0 Å². The Morgan fingerprint density at radius 2 is 1.78 bits per heavy atom.